The molecule has 0 atom stereocenters. The summed E-state index contributed by atoms with van der Waals surface area (Å²) in [5.41, 5.74) is 5.74. The fourth-order valence-corrected chi connectivity index (χ4v) is 4.24. The van der Waals surface area contributed by atoms with Gasteiger partial charge in [-0.05, 0) is 24.5 Å². The van der Waals surface area contributed by atoms with Gasteiger partial charge in [0.1, 0.15) is 0 Å². The van der Waals surface area contributed by atoms with Crippen molar-refractivity contribution >= 4 is 40.7 Å². The van der Waals surface area contributed by atoms with Crippen molar-refractivity contribution in [1.29, 1.82) is 5.41 Å². The second-order valence-corrected chi connectivity index (χ2v) is 7.28. The average Bonchev–Trinajstić information content (AvgIpc) is 2.83. The summed E-state index contributed by atoms with van der Waals surface area (Å²) in [5, 5.41) is 15.5. The third-order valence-electron chi connectivity index (χ3n) is 2.59. The first kappa shape index (κ1) is 12.2. The first-order valence-corrected chi connectivity index (χ1v) is 7.99. The zero-order chi connectivity index (χ0) is 11.6. The van der Waals surface area contributed by atoms with Gasteiger partial charge in [0, 0.05) is 12.2 Å². The molecule has 1 heterocycles. The average molecular weight is 274 g/mol. The van der Waals surface area contributed by atoms with Gasteiger partial charge in [0.15, 0.2) is 8.68 Å². The summed E-state index contributed by atoms with van der Waals surface area (Å²) in [6, 6.07) is 0. The maximum Gasteiger partial charge on any atom is 0.175 e. The van der Waals surface area contributed by atoms with Crippen LogP contribution in [0.25, 0.3) is 0 Å². The Morgan fingerprint density at radius 1 is 1.50 bits per heavy atom. The molecule has 1 fully saturated rings. The molecule has 2 rings (SSSR count). The van der Waals surface area contributed by atoms with Crippen LogP contribution in [0.5, 0.6) is 0 Å². The molecule has 1 aromatic rings. The van der Waals surface area contributed by atoms with Gasteiger partial charge >= 0.3 is 0 Å². The highest BCUT2D eigenvalue weighted by Gasteiger charge is 2.43. The lowest BCUT2D eigenvalue weighted by Gasteiger charge is -2.11. The Balaban J connectivity index is 1.85. The zero-order valence-corrected chi connectivity index (χ0v) is 11.5. The Hall–Kier alpha value is -0.270. The topological polar surface area (TPSA) is 75.7 Å². The van der Waals surface area contributed by atoms with Gasteiger partial charge in [-0.3, -0.25) is 5.41 Å². The van der Waals surface area contributed by atoms with Gasteiger partial charge in [0.25, 0.3) is 0 Å². The molecule has 0 unspecified atom stereocenters. The summed E-state index contributed by atoms with van der Waals surface area (Å²) in [4.78, 5) is 0. The minimum atomic E-state index is 0.279. The van der Waals surface area contributed by atoms with Gasteiger partial charge < -0.3 is 5.73 Å². The first-order chi connectivity index (χ1) is 7.63. The molecular weight excluding hydrogens is 260 g/mol. The molecule has 0 aliphatic heterocycles. The van der Waals surface area contributed by atoms with Crippen LogP contribution >= 0.6 is 34.9 Å². The van der Waals surface area contributed by atoms with Crippen LogP contribution in [0, 0.1) is 10.8 Å². The fourth-order valence-electron chi connectivity index (χ4n) is 1.51. The maximum atomic E-state index is 7.35. The third kappa shape index (κ3) is 3.11. The standard InChI is InChI=1S/C9H14N4S3/c1-14-7-12-13-8(16-7)15-5-9(2-3-9)4-6(10)11/h2-5H2,1H3,(H3,10,11). The maximum absolute atomic E-state index is 7.35. The Morgan fingerprint density at radius 3 is 2.69 bits per heavy atom. The monoisotopic (exact) mass is 274 g/mol. The summed E-state index contributed by atoms with van der Waals surface area (Å²) in [6.07, 6.45) is 5.11. The van der Waals surface area contributed by atoms with Crippen molar-refractivity contribution in [2.75, 3.05) is 12.0 Å². The van der Waals surface area contributed by atoms with E-state index < -0.39 is 0 Å². The molecule has 3 N–H and O–H groups in total. The first-order valence-electron chi connectivity index (χ1n) is 4.97. The van der Waals surface area contributed by atoms with Crippen molar-refractivity contribution in [2.45, 2.75) is 27.9 Å². The van der Waals surface area contributed by atoms with Gasteiger partial charge in [-0.15, -0.1) is 10.2 Å². The van der Waals surface area contributed by atoms with Crippen molar-refractivity contribution in [1.82, 2.24) is 10.2 Å². The van der Waals surface area contributed by atoms with Crippen LogP contribution in [0.15, 0.2) is 8.68 Å². The van der Waals surface area contributed by atoms with Gasteiger partial charge in [-0.25, -0.2) is 0 Å². The number of hydrogen-bond donors (Lipinski definition) is 2. The third-order valence-corrected chi connectivity index (χ3v) is 5.97. The van der Waals surface area contributed by atoms with Crippen LogP contribution in [-0.4, -0.2) is 28.0 Å². The summed E-state index contributed by atoms with van der Waals surface area (Å²) in [6.45, 7) is 0. The Morgan fingerprint density at radius 2 is 2.19 bits per heavy atom. The second-order valence-electron chi connectivity index (χ2n) is 4.03. The fraction of sp³-hybridized carbons (Fsp3) is 0.667. The van der Waals surface area contributed by atoms with Gasteiger partial charge in [0.05, 0.1) is 5.84 Å². The van der Waals surface area contributed by atoms with Crippen LogP contribution < -0.4 is 5.73 Å². The highest BCUT2D eigenvalue weighted by molar-refractivity contribution is 8.03. The molecule has 1 aliphatic carbocycles. The molecule has 4 nitrogen and oxygen atoms in total. The van der Waals surface area contributed by atoms with E-state index in [2.05, 4.69) is 10.2 Å². The molecular formula is C9H14N4S3. The second kappa shape index (κ2) is 4.93. The summed E-state index contributed by atoms with van der Waals surface area (Å²) >= 11 is 5.01. The molecule has 88 valence electrons. The molecule has 0 bridgehead atoms. The lowest BCUT2D eigenvalue weighted by atomic mass is 10.1. The largest absolute Gasteiger partial charge is 0.388 e. The highest BCUT2D eigenvalue weighted by Crippen LogP contribution is 2.52. The number of aromatic nitrogens is 2. The smallest absolute Gasteiger partial charge is 0.175 e. The summed E-state index contributed by atoms with van der Waals surface area (Å²) < 4.78 is 2.04. The van der Waals surface area contributed by atoms with Crippen LogP contribution in [0.4, 0.5) is 0 Å². The van der Waals surface area contributed by atoms with E-state index in [4.69, 9.17) is 11.1 Å². The molecule has 16 heavy (non-hydrogen) atoms. The van der Waals surface area contributed by atoms with E-state index in [-0.39, 0.29) is 5.41 Å². The van der Waals surface area contributed by atoms with E-state index in [9.17, 15) is 0 Å². The van der Waals surface area contributed by atoms with Crippen molar-refractivity contribution in [3.63, 3.8) is 0 Å². The van der Waals surface area contributed by atoms with Crippen LogP contribution in [-0.2, 0) is 0 Å². The van der Waals surface area contributed by atoms with E-state index in [0.717, 1.165) is 20.9 Å². The van der Waals surface area contributed by atoms with E-state index in [1.54, 1.807) is 34.9 Å². The molecule has 0 radical (unpaired) electrons. The quantitative estimate of drug-likeness (QED) is 0.473. The summed E-state index contributed by atoms with van der Waals surface area (Å²) in [5.74, 6) is 1.32. The lowest BCUT2D eigenvalue weighted by molar-refractivity contribution is 0.611. The molecule has 1 aromatic heterocycles. The van der Waals surface area contributed by atoms with Gasteiger partial charge in [0.2, 0.25) is 0 Å². The van der Waals surface area contributed by atoms with Crippen molar-refractivity contribution in [3.05, 3.63) is 0 Å². The van der Waals surface area contributed by atoms with Crippen LogP contribution in [0.2, 0.25) is 0 Å². The zero-order valence-electron chi connectivity index (χ0n) is 9.02. The SMILES string of the molecule is CSc1nnc(SCC2(CC(=N)N)CC2)s1. The molecule has 0 amide bonds. The lowest BCUT2D eigenvalue weighted by Crippen LogP contribution is -2.17. The van der Waals surface area contributed by atoms with Crippen molar-refractivity contribution in [3.8, 4) is 0 Å². The minimum Gasteiger partial charge on any atom is -0.388 e. The van der Waals surface area contributed by atoms with Crippen molar-refractivity contribution in [2.24, 2.45) is 11.1 Å². The summed E-state index contributed by atoms with van der Waals surface area (Å²) in [7, 11) is 0. The minimum absolute atomic E-state index is 0.279. The molecule has 0 aromatic carbocycles. The van der Waals surface area contributed by atoms with E-state index in [1.165, 1.54) is 12.8 Å². The molecule has 0 saturated heterocycles. The molecule has 0 spiro atoms. The number of hydrogen-bond acceptors (Lipinski definition) is 6. The number of amidine groups is 1. The predicted molar refractivity (Wildman–Crippen MR) is 70.6 cm³/mol. The van der Waals surface area contributed by atoms with Gasteiger partial charge in [-0.2, -0.15) is 0 Å². The van der Waals surface area contributed by atoms with E-state index >= 15 is 0 Å². The van der Waals surface area contributed by atoms with E-state index in [0.29, 0.717) is 5.84 Å². The van der Waals surface area contributed by atoms with Crippen LogP contribution in [0.3, 0.4) is 0 Å². The Labute approximate surface area is 107 Å². The number of nitrogens with one attached hydrogen (secondary N) is 1. The number of rotatable bonds is 6. The predicted octanol–water partition coefficient (Wildman–Crippen LogP) is 2.46. The molecule has 7 heteroatoms. The Bertz CT molecular complexity index is 386. The van der Waals surface area contributed by atoms with Crippen LogP contribution in [0.1, 0.15) is 19.3 Å². The highest BCUT2D eigenvalue weighted by atomic mass is 32.2. The molecule has 1 saturated carbocycles. The number of thioether (sulfide) groups is 2. The number of nitrogens with zero attached hydrogens (tertiary/aromatic N) is 2. The van der Waals surface area contributed by atoms with E-state index in [1.807, 2.05) is 6.26 Å². The Kier molecular flexibility index (Phi) is 3.76. The van der Waals surface area contributed by atoms with Gasteiger partial charge in [-0.1, -0.05) is 34.9 Å². The number of nitrogens with two attached hydrogens (primary N) is 1. The molecule has 1 aliphatic rings. The van der Waals surface area contributed by atoms with Crippen molar-refractivity contribution < 1.29 is 0 Å². The normalized spacial score (nSPS) is 17.3.